The van der Waals surface area contributed by atoms with Crippen LogP contribution in [0.1, 0.15) is 12.8 Å². The number of hydrogen-bond donors (Lipinski definition) is 0. The minimum absolute atomic E-state index is 0. The van der Waals surface area contributed by atoms with E-state index in [0.29, 0.717) is 12.5 Å². The molecule has 4 unspecified atom stereocenters. The van der Waals surface area contributed by atoms with Crippen LogP contribution in [0.4, 0.5) is 0 Å². The zero-order valence-corrected chi connectivity index (χ0v) is 15.5. The van der Waals surface area contributed by atoms with E-state index in [2.05, 4.69) is 18.0 Å². The molecule has 0 spiro atoms. The van der Waals surface area contributed by atoms with Crippen molar-refractivity contribution in [3.63, 3.8) is 0 Å². The van der Waals surface area contributed by atoms with Crippen LogP contribution in [-0.2, 0) is 48.1 Å². The molecule has 3 aliphatic rings. The quantitative estimate of drug-likeness (QED) is 0.163. The van der Waals surface area contributed by atoms with Crippen LogP contribution in [0.5, 0.6) is 0 Å². The normalized spacial score (nSPS) is 30.0. The summed E-state index contributed by atoms with van der Waals surface area (Å²) in [5.74, 6) is -1.60. The van der Waals surface area contributed by atoms with Gasteiger partial charge in [0.2, 0.25) is 0 Å². The summed E-state index contributed by atoms with van der Waals surface area (Å²) in [6, 6.07) is 0. The third kappa shape index (κ3) is 3.01. The molecule has 0 aromatic heterocycles. The smallest absolute Gasteiger partial charge is 0.422 e. The Morgan fingerprint density at radius 2 is 2.17 bits per heavy atom. The molecule has 4 atom stereocenters. The van der Waals surface area contributed by atoms with Crippen molar-refractivity contribution in [1.29, 1.82) is 0 Å². The maximum Gasteiger partial charge on any atom is 0.422 e. The molecule has 118 valence electrons. The van der Waals surface area contributed by atoms with Gasteiger partial charge in [-0.3, -0.25) is 4.79 Å². The van der Waals surface area contributed by atoms with Gasteiger partial charge in [0, 0.05) is 37.6 Å². The molecule has 7 nitrogen and oxygen atoms in total. The topological polar surface area (TPSA) is 93.0 Å². The largest absolute Gasteiger partial charge is 0.630 e. The van der Waals surface area contributed by atoms with Gasteiger partial charge in [-0.25, -0.2) is 9.59 Å². The standard InChI is InChI=1S/C15H15NO6.Zn/c1-3-10(16-2)15(19)20-6-11(17)21-12-7-4-8-9(5-7)14(18)22-13(8)12;/h3,7-9,12H,1-2,4-6H2;. The summed E-state index contributed by atoms with van der Waals surface area (Å²) in [4.78, 5) is 34.9. The fourth-order valence-electron chi connectivity index (χ4n) is 3.41. The molecule has 3 rings (SSSR count). The van der Waals surface area contributed by atoms with Crippen molar-refractivity contribution in [1.82, 2.24) is 4.67 Å². The number of hydrogen-bond acceptors (Lipinski definition) is 6. The average molecular weight is 371 g/mol. The van der Waals surface area contributed by atoms with Gasteiger partial charge in [-0.15, -0.1) is 5.92 Å². The first-order chi connectivity index (χ1) is 10.5. The molecule has 0 amide bonds. The molecule has 2 saturated carbocycles. The van der Waals surface area contributed by atoms with Crippen LogP contribution in [0.25, 0.3) is 0 Å². The van der Waals surface area contributed by atoms with Gasteiger partial charge in [-0.1, -0.05) is 23.8 Å². The van der Waals surface area contributed by atoms with Gasteiger partial charge < -0.3 is 14.2 Å². The van der Waals surface area contributed by atoms with Crippen LogP contribution in [0.15, 0.2) is 12.7 Å². The molecule has 1 saturated heterocycles. The SMILES string of the molecule is C=CC(=[N+]=C)C(=O)OCC(=O)OC1[C-]2OC(=O)C3CC1CC23.[Zn]. The molecular formula is C15H15NO6Zn. The molecule has 3 fully saturated rings. The third-order valence-electron chi connectivity index (χ3n) is 4.35. The van der Waals surface area contributed by atoms with E-state index in [1.807, 2.05) is 0 Å². The van der Waals surface area contributed by atoms with Gasteiger partial charge in [0.1, 0.15) is 0 Å². The van der Waals surface area contributed by atoms with E-state index < -0.39 is 24.6 Å². The van der Waals surface area contributed by atoms with Gasteiger partial charge in [0.05, 0.1) is 0 Å². The number of nitrogens with zero attached hydrogens (tertiary/aromatic N) is 1. The molecule has 1 heterocycles. The Morgan fingerprint density at radius 3 is 2.83 bits per heavy atom. The fourth-order valence-corrected chi connectivity index (χ4v) is 3.41. The van der Waals surface area contributed by atoms with Crippen LogP contribution in [0, 0.1) is 23.9 Å². The van der Waals surface area contributed by atoms with Crippen molar-refractivity contribution in [3.05, 3.63) is 18.8 Å². The second kappa shape index (κ2) is 6.77. The van der Waals surface area contributed by atoms with Crippen molar-refractivity contribution in [3.8, 4) is 0 Å². The molecule has 2 aliphatic carbocycles. The minimum atomic E-state index is -0.796. The number of rotatable bonds is 5. The first-order valence-corrected chi connectivity index (χ1v) is 6.96. The predicted octanol–water partition coefficient (Wildman–Crippen LogP) is -0.422. The van der Waals surface area contributed by atoms with Crippen molar-refractivity contribution in [2.45, 2.75) is 18.9 Å². The van der Waals surface area contributed by atoms with Gasteiger partial charge in [0.15, 0.2) is 6.61 Å². The van der Waals surface area contributed by atoms with Crippen molar-refractivity contribution in [2.75, 3.05) is 6.61 Å². The third-order valence-corrected chi connectivity index (χ3v) is 4.35. The summed E-state index contributed by atoms with van der Waals surface area (Å²) < 4.78 is 18.7. The van der Waals surface area contributed by atoms with Gasteiger partial charge in [-0.05, 0) is 12.3 Å². The maximum absolute atomic E-state index is 11.8. The van der Waals surface area contributed by atoms with E-state index in [0.717, 1.165) is 6.42 Å². The molecule has 0 aromatic carbocycles. The minimum Gasteiger partial charge on any atom is -0.630 e. The van der Waals surface area contributed by atoms with Crippen molar-refractivity contribution < 1.29 is 48.1 Å². The Balaban J connectivity index is 0.00000192. The summed E-state index contributed by atoms with van der Waals surface area (Å²) in [7, 11) is 0. The molecular weight excluding hydrogens is 356 g/mol. The summed E-state index contributed by atoms with van der Waals surface area (Å²) in [6.07, 6.45) is 2.71. The number of esters is 3. The fraction of sp³-hybridized carbons (Fsp3) is 0.467. The van der Waals surface area contributed by atoms with E-state index in [4.69, 9.17) is 14.2 Å². The van der Waals surface area contributed by atoms with Crippen molar-refractivity contribution >= 4 is 30.3 Å². The average Bonchev–Trinajstić information content (AvgIpc) is 3.11. The summed E-state index contributed by atoms with van der Waals surface area (Å²) in [5.41, 5.74) is -0.0744. The number of carbonyl (C=O) groups is 3. The molecule has 23 heavy (non-hydrogen) atoms. The second-order valence-electron chi connectivity index (χ2n) is 5.50. The molecule has 1 aliphatic heterocycles. The Morgan fingerprint density at radius 1 is 1.43 bits per heavy atom. The van der Waals surface area contributed by atoms with Crippen molar-refractivity contribution in [2.24, 2.45) is 17.8 Å². The zero-order chi connectivity index (χ0) is 15.9. The molecule has 8 heteroatoms. The Hall–Kier alpha value is -1.78. The van der Waals surface area contributed by atoms with Gasteiger partial charge in [-0.2, -0.15) is 0 Å². The summed E-state index contributed by atoms with van der Waals surface area (Å²) in [5, 5.41) is 0. The first-order valence-electron chi connectivity index (χ1n) is 6.96. The second-order valence-corrected chi connectivity index (χ2v) is 5.50. The number of carbonyl (C=O) groups excluding carboxylic acids is 3. The van der Waals surface area contributed by atoms with E-state index in [9.17, 15) is 14.4 Å². The molecule has 2 bridgehead atoms. The Bertz CT molecular complexity index is 611. The molecule has 0 radical (unpaired) electrons. The Labute approximate surface area is 145 Å². The summed E-state index contributed by atoms with van der Waals surface area (Å²) in [6.45, 7) is 6.04. The predicted molar refractivity (Wildman–Crippen MR) is 74.3 cm³/mol. The van der Waals surface area contributed by atoms with Crippen LogP contribution in [0.3, 0.4) is 0 Å². The first kappa shape index (κ1) is 17.6. The molecule has 0 aromatic rings. The van der Waals surface area contributed by atoms with E-state index in [1.54, 1.807) is 0 Å². The van der Waals surface area contributed by atoms with Crippen LogP contribution in [-0.4, -0.2) is 43.0 Å². The van der Waals surface area contributed by atoms with Crippen LogP contribution < -0.4 is 4.67 Å². The van der Waals surface area contributed by atoms with Crippen LogP contribution >= 0.6 is 0 Å². The molecule has 0 N–H and O–H groups in total. The Kier molecular flexibility index (Phi) is 5.17. The maximum atomic E-state index is 11.8. The number of fused-ring (bicyclic) bond motifs is 1. The van der Waals surface area contributed by atoms with Crippen LogP contribution in [0.2, 0.25) is 0 Å². The van der Waals surface area contributed by atoms with E-state index in [1.165, 1.54) is 6.08 Å². The van der Waals surface area contributed by atoms with E-state index in [-0.39, 0.29) is 48.9 Å². The van der Waals surface area contributed by atoms with E-state index >= 15 is 0 Å². The van der Waals surface area contributed by atoms with Gasteiger partial charge in [0.25, 0.3) is 12.7 Å². The zero-order valence-electron chi connectivity index (χ0n) is 12.5. The number of ether oxygens (including phenoxy) is 3. The summed E-state index contributed by atoms with van der Waals surface area (Å²) >= 11 is 0. The monoisotopic (exact) mass is 369 g/mol. The van der Waals surface area contributed by atoms with Gasteiger partial charge >= 0.3 is 17.7 Å².